The second kappa shape index (κ2) is 20.1. The maximum absolute atomic E-state index is 14.6. The number of hydrogen-bond acceptors (Lipinski definition) is 6. The molecular formula is C55H64N6O8. The lowest BCUT2D eigenvalue weighted by Gasteiger charge is -2.34. The molecule has 2 heterocycles. The van der Waals surface area contributed by atoms with Crippen molar-refractivity contribution in [2.45, 2.75) is 145 Å². The van der Waals surface area contributed by atoms with Gasteiger partial charge in [-0.25, -0.2) is 9.59 Å². The van der Waals surface area contributed by atoms with E-state index in [1.165, 1.54) is 0 Å². The summed E-state index contributed by atoms with van der Waals surface area (Å²) in [5.74, 6) is -1.17. The van der Waals surface area contributed by atoms with Gasteiger partial charge in [0.25, 0.3) is 11.8 Å². The van der Waals surface area contributed by atoms with Crippen molar-refractivity contribution >= 4 is 47.2 Å². The topological polar surface area (TPSA) is 197 Å². The van der Waals surface area contributed by atoms with Gasteiger partial charge in [-0.2, -0.15) is 0 Å². The normalized spacial score (nSPS) is 23.5. The molecule has 8 atom stereocenters. The van der Waals surface area contributed by atoms with E-state index in [1.54, 1.807) is 58.3 Å². The monoisotopic (exact) mass is 936 g/mol. The highest BCUT2D eigenvalue weighted by Gasteiger charge is 2.52. The Morgan fingerprint density at radius 2 is 0.986 bits per heavy atom. The van der Waals surface area contributed by atoms with Crippen molar-refractivity contribution in [2.75, 3.05) is 10.6 Å². The highest BCUT2D eigenvalue weighted by atomic mass is 16.4. The molecule has 0 bridgehead atoms. The van der Waals surface area contributed by atoms with Crippen molar-refractivity contribution in [2.24, 2.45) is 11.8 Å². The van der Waals surface area contributed by atoms with Crippen LogP contribution in [0.5, 0.6) is 0 Å². The Labute approximate surface area is 403 Å². The van der Waals surface area contributed by atoms with Crippen molar-refractivity contribution in [3.8, 4) is 11.1 Å². The molecule has 14 nitrogen and oxygen atoms in total. The molecule has 3 aliphatic carbocycles. The third-order valence-corrected chi connectivity index (χ3v) is 15.9. The minimum atomic E-state index is -1.32. The lowest BCUT2D eigenvalue weighted by molar-refractivity contribution is -0.140. The van der Waals surface area contributed by atoms with Crippen molar-refractivity contribution in [1.29, 1.82) is 0 Å². The summed E-state index contributed by atoms with van der Waals surface area (Å²) in [7, 11) is 0. The van der Waals surface area contributed by atoms with Crippen LogP contribution in [-0.2, 0) is 24.6 Å². The average molecular weight is 937 g/mol. The Bertz CT molecular complexity index is 2410. The van der Waals surface area contributed by atoms with Crippen LogP contribution in [0.1, 0.15) is 138 Å². The van der Waals surface area contributed by atoms with Gasteiger partial charge in [-0.3, -0.25) is 19.2 Å². The second-order valence-electron chi connectivity index (χ2n) is 19.9. The maximum atomic E-state index is 14.6. The molecule has 6 N–H and O–H groups in total. The molecule has 69 heavy (non-hydrogen) atoms. The van der Waals surface area contributed by atoms with Crippen LogP contribution < -0.4 is 21.3 Å². The molecule has 9 rings (SSSR count). The summed E-state index contributed by atoms with van der Waals surface area (Å²) < 4.78 is 0. The van der Waals surface area contributed by atoms with Gasteiger partial charge in [0, 0.05) is 28.9 Å². The number of hydrogen-bond donors (Lipinski definition) is 6. The number of nitrogens with zero attached hydrogens (tertiary/aromatic N) is 2. The molecule has 0 aromatic heterocycles. The van der Waals surface area contributed by atoms with E-state index in [4.69, 9.17) is 0 Å². The molecule has 0 radical (unpaired) electrons. The van der Waals surface area contributed by atoms with Gasteiger partial charge in [0.05, 0.1) is 0 Å². The molecular weight excluding hydrogens is 873 g/mol. The van der Waals surface area contributed by atoms with E-state index >= 15 is 0 Å². The van der Waals surface area contributed by atoms with Gasteiger partial charge in [0.2, 0.25) is 11.8 Å². The molecule has 4 aromatic carbocycles. The van der Waals surface area contributed by atoms with Crippen LogP contribution in [0.2, 0.25) is 0 Å². The standard InChI is InChI=1S/C55H64N6O8/c1-3-5-27-55(28-6-4-2)41-31-37(56-49(62)45-29-35-19-13-21-43(35)60(45)51(64)47(58-53(66)67)33-15-9-7-10-16-33)23-25-39(41)40-26-24-38(32-42(40)55)57-50(63)46-30-36-20-14-22-44(36)61(46)52(65)48(59-54(68)69)34-17-11-8-12-18-34/h7-12,15-18,23-26,31-32,35-36,43-48,58-59H,3-6,13-14,19-22,27-30H2,1-2H3,(H,56,62)(H,57,63)(H,66,67)(H,68,69)/t35-,36-,43-,44-,45+,46+,47?,48?/m1/s1. The van der Waals surface area contributed by atoms with Crippen LogP contribution in [0.3, 0.4) is 0 Å². The Morgan fingerprint density at radius 1 is 0.580 bits per heavy atom. The molecule has 6 amide bonds. The number of anilines is 2. The lowest BCUT2D eigenvalue weighted by Crippen LogP contribution is -2.51. The average Bonchev–Trinajstić information content (AvgIpc) is 4.18. The van der Waals surface area contributed by atoms with Crippen molar-refractivity contribution < 1.29 is 39.0 Å². The number of nitrogens with one attached hydrogen (secondary N) is 4. The van der Waals surface area contributed by atoms with Crippen molar-refractivity contribution in [3.63, 3.8) is 0 Å². The first-order chi connectivity index (χ1) is 33.4. The Hall–Kier alpha value is -6.70. The van der Waals surface area contributed by atoms with Gasteiger partial charge in [-0.05, 0) is 121 Å². The van der Waals surface area contributed by atoms with Crippen molar-refractivity contribution in [1.82, 2.24) is 20.4 Å². The molecule has 0 spiro atoms. The summed E-state index contributed by atoms with van der Waals surface area (Å²) in [5, 5.41) is 30.9. The Kier molecular flexibility index (Phi) is 13.8. The first kappa shape index (κ1) is 47.4. The fourth-order valence-corrected chi connectivity index (χ4v) is 12.8. The molecule has 14 heteroatoms. The molecule has 2 unspecified atom stereocenters. The van der Waals surface area contributed by atoms with Gasteiger partial charge < -0.3 is 41.3 Å². The predicted molar refractivity (Wildman–Crippen MR) is 262 cm³/mol. The summed E-state index contributed by atoms with van der Waals surface area (Å²) in [6.07, 6.45) is 9.04. The summed E-state index contributed by atoms with van der Waals surface area (Å²) >= 11 is 0. The van der Waals surface area contributed by atoms with Crippen LogP contribution in [0, 0.1) is 11.8 Å². The molecule has 4 fully saturated rings. The Balaban J connectivity index is 0.998. The molecule has 2 aliphatic heterocycles. The third kappa shape index (κ3) is 9.17. The minimum Gasteiger partial charge on any atom is -0.465 e. The van der Waals surface area contributed by atoms with E-state index in [1.807, 2.05) is 24.3 Å². The number of carbonyl (C=O) groups is 6. The van der Waals surface area contributed by atoms with Gasteiger partial charge in [-0.1, -0.05) is 125 Å². The van der Waals surface area contributed by atoms with E-state index in [-0.39, 0.29) is 35.7 Å². The number of unbranched alkanes of at least 4 members (excludes halogenated alkanes) is 2. The highest BCUT2D eigenvalue weighted by molar-refractivity contribution is 6.01. The summed E-state index contributed by atoms with van der Waals surface area (Å²) in [6.45, 7) is 4.35. The molecule has 4 aromatic rings. The molecule has 2 saturated carbocycles. The minimum absolute atomic E-state index is 0.142. The van der Waals surface area contributed by atoms with E-state index in [0.717, 1.165) is 99.3 Å². The fraction of sp³-hybridized carbons (Fsp3) is 0.455. The van der Waals surface area contributed by atoms with Gasteiger partial charge in [-0.15, -0.1) is 0 Å². The maximum Gasteiger partial charge on any atom is 0.405 e. The van der Waals surface area contributed by atoms with Crippen LogP contribution in [0.25, 0.3) is 11.1 Å². The number of likely N-dealkylation sites (tertiary alicyclic amines) is 2. The van der Waals surface area contributed by atoms with Crippen LogP contribution in [0.15, 0.2) is 97.1 Å². The zero-order chi connectivity index (χ0) is 48.4. The van der Waals surface area contributed by atoms with E-state index in [2.05, 4.69) is 59.4 Å². The fourth-order valence-electron chi connectivity index (χ4n) is 12.8. The zero-order valence-corrected chi connectivity index (χ0v) is 39.5. The van der Waals surface area contributed by atoms with Crippen molar-refractivity contribution in [3.05, 3.63) is 119 Å². The van der Waals surface area contributed by atoms with Crippen LogP contribution in [-0.4, -0.2) is 80.0 Å². The van der Waals surface area contributed by atoms with E-state index in [0.29, 0.717) is 35.3 Å². The predicted octanol–water partition coefficient (Wildman–Crippen LogP) is 9.77. The largest absolute Gasteiger partial charge is 0.465 e. The SMILES string of the molecule is CCCCC1(CCCC)c2cc(NC(=O)[C@@H]3C[C@H]4CCC[C@H]4N3C(=O)C(NC(=O)O)c3ccccc3)ccc2-c2ccc(NC(=O)[C@@H]3C[C@H]4CCC[C@H]4N3C(=O)C(NC(=O)O)c3ccccc3)cc21. The zero-order valence-electron chi connectivity index (χ0n) is 39.5. The third-order valence-electron chi connectivity index (χ3n) is 15.9. The molecule has 5 aliphatic rings. The van der Waals surface area contributed by atoms with Gasteiger partial charge >= 0.3 is 12.2 Å². The quantitative estimate of drug-likeness (QED) is 0.0638. The molecule has 362 valence electrons. The number of rotatable bonds is 16. The van der Waals surface area contributed by atoms with E-state index < -0.39 is 53.6 Å². The van der Waals surface area contributed by atoms with Gasteiger partial charge in [0.15, 0.2) is 0 Å². The number of fused-ring (bicyclic) bond motifs is 5. The first-order valence-corrected chi connectivity index (χ1v) is 25.1. The Morgan fingerprint density at radius 3 is 1.36 bits per heavy atom. The summed E-state index contributed by atoms with van der Waals surface area (Å²) in [5.41, 5.74) is 6.15. The van der Waals surface area contributed by atoms with Crippen LogP contribution in [0.4, 0.5) is 21.0 Å². The smallest absolute Gasteiger partial charge is 0.405 e. The van der Waals surface area contributed by atoms with Crippen LogP contribution >= 0.6 is 0 Å². The number of amides is 6. The lowest BCUT2D eigenvalue weighted by atomic mass is 9.70. The highest BCUT2D eigenvalue weighted by Crippen LogP contribution is 2.56. The second-order valence-corrected chi connectivity index (χ2v) is 19.9. The van der Waals surface area contributed by atoms with Gasteiger partial charge in [0.1, 0.15) is 24.2 Å². The first-order valence-electron chi connectivity index (χ1n) is 25.1. The number of benzene rings is 4. The number of carbonyl (C=O) groups excluding carboxylic acids is 4. The number of carboxylic acid groups (broad SMARTS) is 2. The molecule has 2 saturated heterocycles. The summed E-state index contributed by atoms with van der Waals surface area (Å²) in [4.78, 5) is 85.5. The summed E-state index contributed by atoms with van der Waals surface area (Å²) in [6, 6.07) is 25.5. The van der Waals surface area contributed by atoms with E-state index in [9.17, 15) is 39.0 Å².